The zero-order valence-corrected chi connectivity index (χ0v) is 18.1. The summed E-state index contributed by atoms with van der Waals surface area (Å²) in [7, 11) is 0. The van der Waals surface area contributed by atoms with Crippen LogP contribution in [0.4, 0.5) is 0 Å². The first-order valence-corrected chi connectivity index (χ1v) is 10.6. The van der Waals surface area contributed by atoms with Gasteiger partial charge >= 0.3 is 0 Å². The number of pyridine rings is 2. The summed E-state index contributed by atoms with van der Waals surface area (Å²) >= 11 is 9.90. The quantitative estimate of drug-likeness (QED) is 0.205. The second kappa shape index (κ2) is 6.45. The fourth-order valence-corrected chi connectivity index (χ4v) is 4.68. The van der Waals surface area contributed by atoms with Crippen molar-refractivity contribution in [1.29, 1.82) is 0 Å². The summed E-state index contributed by atoms with van der Waals surface area (Å²) < 4.78 is 2.91. The maximum atomic E-state index is 6.27. The Morgan fingerprint density at radius 3 is 2.60 bits per heavy atom. The van der Waals surface area contributed by atoms with Crippen LogP contribution in [0.15, 0.2) is 65.4 Å². The molecule has 0 spiro atoms. The highest BCUT2D eigenvalue weighted by atomic mass is 79.9. The molecule has 0 unspecified atom stereocenters. The zero-order valence-electron chi connectivity index (χ0n) is 15.8. The lowest BCUT2D eigenvalue weighted by atomic mass is 10.1. The van der Waals surface area contributed by atoms with Crippen LogP contribution in [0.25, 0.3) is 49.7 Å². The molecule has 0 amide bonds. The minimum Gasteiger partial charge on any atom is -0.251 e. The number of hydrogen-bond donors (Lipinski definition) is 0. The van der Waals surface area contributed by atoms with Gasteiger partial charge in [-0.15, -0.1) is 0 Å². The Bertz CT molecular complexity index is 1640. The summed E-state index contributed by atoms with van der Waals surface area (Å²) in [5, 5.41) is 7.78. The second-order valence-corrected chi connectivity index (χ2v) is 8.45. The van der Waals surface area contributed by atoms with E-state index in [1.165, 1.54) is 0 Å². The number of rotatable bonds is 1. The molecule has 5 nitrogen and oxygen atoms in total. The Labute approximate surface area is 184 Å². The number of fused-ring (bicyclic) bond motifs is 7. The van der Waals surface area contributed by atoms with Crippen molar-refractivity contribution in [2.24, 2.45) is 0 Å². The third-order valence-electron chi connectivity index (χ3n) is 5.42. The van der Waals surface area contributed by atoms with E-state index in [4.69, 9.17) is 21.7 Å². The first kappa shape index (κ1) is 17.7. The number of aromatic nitrogens is 5. The van der Waals surface area contributed by atoms with Gasteiger partial charge in [0, 0.05) is 43.8 Å². The van der Waals surface area contributed by atoms with Crippen LogP contribution >= 0.6 is 27.5 Å². The highest BCUT2D eigenvalue weighted by Crippen LogP contribution is 2.36. The van der Waals surface area contributed by atoms with E-state index in [1.807, 2.05) is 41.8 Å². The van der Waals surface area contributed by atoms with Gasteiger partial charge in [-0.3, -0.25) is 4.98 Å². The molecule has 0 saturated carbocycles. The summed E-state index contributed by atoms with van der Waals surface area (Å²) in [5.74, 6) is 0. The monoisotopic (exact) mass is 473 g/mol. The second-order valence-electron chi connectivity index (χ2n) is 7.16. The normalized spacial score (nSPS) is 11.8. The molecular weight excluding hydrogens is 462 g/mol. The minimum atomic E-state index is 0.636. The number of hydrogen-bond acceptors (Lipinski definition) is 4. The summed E-state index contributed by atoms with van der Waals surface area (Å²) in [4.78, 5) is 13.8. The third kappa shape index (κ3) is 2.47. The highest BCUT2D eigenvalue weighted by Gasteiger charge is 2.18. The highest BCUT2D eigenvalue weighted by molar-refractivity contribution is 9.10. The van der Waals surface area contributed by atoms with E-state index < -0.39 is 0 Å². The Hall–Kier alpha value is -3.09. The first-order chi connectivity index (χ1) is 14.6. The lowest BCUT2D eigenvalue weighted by Crippen LogP contribution is -2.00. The number of halogens is 2. The van der Waals surface area contributed by atoms with Gasteiger partial charge in [0.2, 0.25) is 0 Å². The molecule has 0 fully saturated rings. The van der Waals surface area contributed by atoms with E-state index in [2.05, 4.69) is 44.1 Å². The Morgan fingerprint density at radius 1 is 0.933 bits per heavy atom. The standard InChI is InChI=1S/C23H13BrClN5/c1-12-20-23(27-9-8-26-20)28-21-15-5-3-2-4-14(15)19-11-18(29-30(19)22(12)21)16-10-13(25)6-7-17(16)24/h2-11H,1H3. The molecule has 6 aromatic rings. The average Bonchev–Trinajstić information content (AvgIpc) is 3.21. The molecule has 0 radical (unpaired) electrons. The van der Waals surface area contributed by atoms with Crippen LogP contribution in [-0.2, 0) is 0 Å². The Balaban J connectivity index is 1.85. The van der Waals surface area contributed by atoms with Crippen LogP contribution in [0.1, 0.15) is 5.56 Å². The number of benzene rings is 2. The molecule has 0 aliphatic rings. The third-order valence-corrected chi connectivity index (χ3v) is 6.34. The van der Waals surface area contributed by atoms with E-state index in [0.717, 1.165) is 54.1 Å². The van der Waals surface area contributed by atoms with E-state index in [1.54, 1.807) is 12.4 Å². The van der Waals surface area contributed by atoms with Gasteiger partial charge in [-0.1, -0.05) is 51.8 Å². The van der Waals surface area contributed by atoms with Crippen molar-refractivity contribution in [2.45, 2.75) is 6.92 Å². The summed E-state index contributed by atoms with van der Waals surface area (Å²) in [5.41, 5.74) is 6.99. The van der Waals surface area contributed by atoms with E-state index in [9.17, 15) is 0 Å². The van der Waals surface area contributed by atoms with Crippen molar-refractivity contribution in [1.82, 2.24) is 24.6 Å². The number of aryl methyl sites for hydroxylation is 1. The summed E-state index contributed by atoms with van der Waals surface area (Å²) in [6.07, 6.45) is 3.36. The van der Waals surface area contributed by atoms with Crippen LogP contribution in [0.3, 0.4) is 0 Å². The molecule has 4 aromatic heterocycles. The van der Waals surface area contributed by atoms with Gasteiger partial charge in [-0.25, -0.2) is 14.5 Å². The molecule has 0 atom stereocenters. The van der Waals surface area contributed by atoms with Gasteiger partial charge in [0.25, 0.3) is 0 Å². The molecule has 0 saturated heterocycles. The fourth-order valence-electron chi connectivity index (χ4n) is 4.05. The SMILES string of the molecule is Cc1c2nccnc2nc2c3ccccc3c3cc(-c4cc(Cl)ccc4Br)nn3c12. The van der Waals surface area contributed by atoms with Crippen molar-refractivity contribution < 1.29 is 0 Å². The van der Waals surface area contributed by atoms with Gasteiger partial charge in [0.1, 0.15) is 5.52 Å². The molecule has 7 heteroatoms. The predicted molar refractivity (Wildman–Crippen MR) is 124 cm³/mol. The Morgan fingerprint density at radius 2 is 1.73 bits per heavy atom. The summed E-state index contributed by atoms with van der Waals surface area (Å²) in [6, 6.07) is 16.1. The topological polar surface area (TPSA) is 56.0 Å². The van der Waals surface area contributed by atoms with Crippen molar-refractivity contribution in [2.75, 3.05) is 0 Å². The van der Waals surface area contributed by atoms with Crippen molar-refractivity contribution in [3.05, 3.63) is 76.0 Å². The van der Waals surface area contributed by atoms with Crippen LogP contribution in [-0.4, -0.2) is 24.6 Å². The van der Waals surface area contributed by atoms with Crippen LogP contribution in [0, 0.1) is 6.92 Å². The van der Waals surface area contributed by atoms with E-state index in [0.29, 0.717) is 10.7 Å². The molecule has 6 rings (SSSR count). The summed E-state index contributed by atoms with van der Waals surface area (Å²) in [6.45, 7) is 2.05. The lowest BCUT2D eigenvalue weighted by molar-refractivity contribution is 1.00. The molecule has 0 bridgehead atoms. The van der Waals surface area contributed by atoms with Crippen LogP contribution < -0.4 is 0 Å². The lowest BCUT2D eigenvalue weighted by Gasteiger charge is -2.11. The molecule has 0 aliphatic carbocycles. The van der Waals surface area contributed by atoms with Crippen molar-refractivity contribution >= 4 is 66.0 Å². The van der Waals surface area contributed by atoms with Gasteiger partial charge in [0.05, 0.1) is 22.2 Å². The Kier molecular flexibility index (Phi) is 3.82. The van der Waals surface area contributed by atoms with Gasteiger partial charge in [0.15, 0.2) is 5.65 Å². The van der Waals surface area contributed by atoms with Gasteiger partial charge < -0.3 is 0 Å². The maximum absolute atomic E-state index is 6.27. The average molecular weight is 475 g/mol. The minimum absolute atomic E-state index is 0.636. The van der Waals surface area contributed by atoms with E-state index >= 15 is 0 Å². The van der Waals surface area contributed by atoms with Gasteiger partial charge in [-0.05, 0) is 31.2 Å². The molecule has 2 aromatic carbocycles. The smallest absolute Gasteiger partial charge is 0.179 e. The molecule has 4 heterocycles. The largest absolute Gasteiger partial charge is 0.251 e. The zero-order chi connectivity index (χ0) is 20.4. The maximum Gasteiger partial charge on any atom is 0.179 e. The molecule has 0 N–H and O–H groups in total. The number of nitrogens with zero attached hydrogens (tertiary/aromatic N) is 5. The predicted octanol–water partition coefficient (Wildman–Crippen LogP) is 6.37. The van der Waals surface area contributed by atoms with E-state index in [-0.39, 0.29) is 0 Å². The molecule has 0 aliphatic heterocycles. The van der Waals surface area contributed by atoms with Crippen molar-refractivity contribution in [3.8, 4) is 11.3 Å². The first-order valence-electron chi connectivity index (χ1n) is 9.39. The fraction of sp³-hybridized carbons (Fsp3) is 0.0435. The molecular formula is C23H13BrClN5. The van der Waals surface area contributed by atoms with Crippen molar-refractivity contribution in [3.63, 3.8) is 0 Å². The molecule has 144 valence electrons. The van der Waals surface area contributed by atoms with Crippen LogP contribution in [0.2, 0.25) is 5.02 Å². The van der Waals surface area contributed by atoms with Crippen LogP contribution in [0.5, 0.6) is 0 Å². The van der Waals surface area contributed by atoms with Gasteiger partial charge in [-0.2, -0.15) is 5.10 Å². The molecule has 30 heavy (non-hydrogen) atoms.